The van der Waals surface area contributed by atoms with Crippen LogP contribution < -0.4 is 9.64 Å². The van der Waals surface area contributed by atoms with Gasteiger partial charge in [0.05, 0.1) is 35.5 Å². The number of ether oxygens (including phenoxy) is 1. The summed E-state index contributed by atoms with van der Waals surface area (Å²) < 4.78 is 18.7. The van der Waals surface area contributed by atoms with Gasteiger partial charge in [-0.1, -0.05) is 36.0 Å². The molecule has 6 nitrogen and oxygen atoms in total. The highest BCUT2D eigenvalue weighted by atomic mass is 32.2. The topological polar surface area (TPSA) is 71.1 Å². The summed E-state index contributed by atoms with van der Waals surface area (Å²) in [6, 6.07) is 25.1. The van der Waals surface area contributed by atoms with Gasteiger partial charge in [0.2, 0.25) is 5.91 Å². The summed E-state index contributed by atoms with van der Waals surface area (Å²) in [5, 5.41) is 0.728. The van der Waals surface area contributed by atoms with Crippen LogP contribution in [0, 0.1) is 5.82 Å². The first-order valence-corrected chi connectivity index (χ1v) is 12.3. The van der Waals surface area contributed by atoms with E-state index < -0.39 is 0 Å². The van der Waals surface area contributed by atoms with Crippen molar-refractivity contribution >= 4 is 34.4 Å². The molecule has 0 unspecified atom stereocenters. The standard InChI is InChI=1S/C28H23FN4O2S/c1-35-23-13-6-19(7-14-23)17-33(22-11-9-21(29)10-12-22)27(34)18-36-26-15-8-20(16-30-26)28-31-24-4-2-3-5-25(24)32-28/h2-16H,17-18H2,1H3,(H,31,32). The number of aromatic amines is 1. The first-order valence-electron chi connectivity index (χ1n) is 11.3. The summed E-state index contributed by atoms with van der Waals surface area (Å²) in [6.07, 6.45) is 1.75. The van der Waals surface area contributed by atoms with Crippen LogP contribution in [0.3, 0.4) is 0 Å². The number of fused-ring (bicyclic) bond motifs is 1. The number of carbonyl (C=O) groups excluding carboxylic acids is 1. The van der Waals surface area contributed by atoms with Crippen LogP contribution in [0.2, 0.25) is 0 Å². The Morgan fingerprint density at radius 2 is 1.78 bits per heavy atom. The van der Waals surface area contributed by atoms with Gasteiger partial charge >= 0.3 is 0 Å². The minimum Gasteiger partial charge on any atom is -0.497 e. The van der Waals surface area contributed by atoms with E-state index in [1.54, 1.807) is 30.3 Å². The highest BCUT2D eigenvalue weighted by Gasteiger charge is 2.17. The van der Waals surface area contributed by atoms with Gasteiger partial charge in [0.25, 0.3) is 0 Å². The normalized spacial score (nSPS) is 10.9. The second-order valence-electron chi connectivity index (χ2n) is 8.08. The van der Waals surface area contributed by atoms with Crippen LogP contribution in [0.25, 0.3) is 22.4 Å². The van der Waals surface area contributed by atoms with Crippen molar-refractivity contribution in [2.24, 2.45) is 0 Å². The smallest absolute Gasteiger partial charge is 0.237 e. The number of nitrogens with one attached hydrogen (secondary N) is 1. The molecule has 0 radical (unpaired) electrons. The molecule has 0 fully saturated rings. The monoisotopic (exact) mass is 498 g/mol. The second-order valence-corrected chi connectivity index (χ2v) is 9.08. The number of carbonyl (C=O) groups is 1. The van der Waals surface area contributed by atoms with Crippen molar-refractivity contribution in [2.45, 2.75) is 11.6 Å². The number of pyridine rings is 1. The van der Waals surface area contributed by atoms with Crippen molar-refractivity contribution in [3.05, 3.63) is 103 Å². The number of aromatic nitrogens is 3. The molecule has 2 heterocycles. The lowest BCUT2D eigenvalue weighted by Gasteiger charge is -2.23. The zero-order chi connectivity index (χ0) is 24.9. The quantitative estimate of drug-likeness (QED) is 0.262. The average molecular weight is 499 g/mol. The molecule has 5 rings (SSSR count). The number of amides is 1. The van der Waals surface area contributed by atoms with E-state index in [0.29, 0.717) is 12.2 Å². The summed E-state index contributed by atoms with van der Waals surface area (Å²) in [7, 11) is 1.61. The Bertz CT molecular complexity index is 1440. The predicted molar refractivity (Wildman–Crippen MR) is 141 cm³/mol. The molecule has 0 bridgehead atoms. The molecule has 180 valence electrons. The molecule has 0 spiro atoms. The van der Waals surface area contributed by atoms with Crippen molar-refractivity contribution in [3.63, 3.8) is 0 Å². The SMILES string of the molecule is COc1ccc(CN(C(=O)CSc2ccc(-c3nc4ccccc4[nH]3)cn2)c2ccc(F)cc2)cc1. The lowest BCUT2D eigenvalue weighted by molar-refractivity contribution is -0.116. The number of para-hydroxylation sites is 2. The number of imidazole rings is 1. The molecule has 0 saturated carbocycles. The van der Waals surface area contributed by atoms with Crippen molar-refractivity contribution < 1.29 is 13.9 Å². The van der Waals surface area contributed by atoms with Gasteiger partial charge in [0, 0.05) is 17.4 Å². The minimum absolute atomic E-state index is 0.106. The Kier molecular flexibility index (Phi) is 6.95. The molecule has 0 atom stereocenters. The van der Waals surface area contributed by atoms with Crippen LogP contribution >= 0.6 is 11.8 Å². The van der Waals surface area contributed by atoms with Gasteiger partial charge in [0.15, 0.2) is 0 Å². The van der Waals surface area contributed by atoms with Gasteiger partial charge in [-0.25, -0.2) is 14.4 Å². The summed E-state index contributed by atoms with van der Waals surface area (Å²) >= 11 is 1.35. The molecule has 2 aromatic heterocycles. The predicted octanol–water partition coefficient (Wildman–Crippen LogP) is 6.10. The zero-order valence-corrected chi connectivity index (χ0v) is 20.3. The largest absolute Gasteiger partial charge is 0.497 e. The molecular formula is C28H23FN4O2S. The maximum atomic E-state index is 13.5. The summed E-state index contributed by atoms with van der Waals surface area (Å²) in [4.78, 5) is 27.3. The third-order valence-corrected chi connectivity index (χ3v) is 6.61. The van der Waals surface area contributed by atoms with Crippen LogP contribution in [0.4, 0.5) is 10.1 Å². The molecular weight excluding hydrogens is 475 g/mol. The first kappa shape index (κ1) is 23.6. The fourth-order valence-electron chi connectivity index (χ4n) is 3.77. The lowest BCUT2D eigenvalue weighted by Crippen LogP contribution is -2.32. The molecule has 3 aromatic carbocycles. The number of methoxy groups -OCH3 is 1. The van der Waals surface area contributed by atoms with Crippen LogP contribution in [-0.2, 0) is 11.3 Å². The molecule has 0 saturated heterocycles. The number of hydrogen-bond acceptors (Lipinski definition) is 5. The number of nitrogens with zero attached hydrogens (tertiary/aromatic N) is 3. The Labute approximate surface area is 212 Å². The lowest BCUT2D eigenvalue weighted by atomic mass is 10.2. The molecule has 36 heavy (non-hydrogen) atoms. The highest BCUT2D eigenvalue weighted by molar-refractivity contribution is 7.99. The molecule has 1 N–H and O–H groups in total. The summed E-state index contributed by atoms with van der Waals surface area (Å²) in [5.41, 5.74) is 4.30. The van der Waals surface area contributed by atoms with Crippen molar-refractivity contribution in [1.29, 1.82) is 0 Å². The van der Waals surface area contributed by atoms with Crippen LogP contribution in [-0.4, -0.2) is 33.7 Å². The van der Waals surface area contributed by atoms with E-state index in [0.717, 1.165) is 38.8 Å². The first-order chi connectivity index (χ1) is 17.6. The van der Waals surface area contributed by atoms with Crippen LogP contribution in [0.1, 0.15) is 5.56 Å². The fraction of sp³-hybridized carbons (Fsp3) is 0.107. The molecule has 8 heteroatoms. The van der Waals surface area contributed by atoms with Crippen LogP contribution in [0.5, 0.6) is 5.75 Å². The average Bonchev–Trinajstić information content (AvgIpc) is 3.36. The number of anilines is 1. The minimum atomic E-state index is -0.348. The molecule has 0 aliphatic heterocycles. The van der Waals surface area contributed by atoms with E-state index in [1.807, 2.05) is 60.7 Å². The molecule has 0 aliphatic rings. The van der Waals surface area contributed by atoms with Crippen molar-refractivity contribution in [1.82, 2.24) is 15.0 Å². The van der Waals surface area contributed by atoms with E-state index in [-0.39, 0.29) is 17.5 Å². The number of benzene rings is 3. The van der Waals surface area contributed by atoms with E-state index in [1.165, 1.54) is 23.9 Å². The third-order valence-electron chi connectivity index (χ3n) is 5.68. The van der Waals surface area contributed by atoms with Gasteiger partial charge < -0.3 is 14.6 Å². The number of H-pyrrole nitrogens is 1. The molecule has 0 aliphatic carbocycles. The van der Waals surface area contributed by atoms with Crippen LogP contribution in [0.15, 0.2) is 96.2 Å². The van der Waals surface area contributed by atoms with E-state index in [2.05, 4.69) is 15.0 Å². The second kappa shape index (κ2) is 10.6. The van der Waals surface area contributed by atoms with Gasteiger partial charge in [-0.3, -0.25) is 4.79 Å². The molecule has 1 amide bonds. The Morgan fingerprint density at radius 3 is 2.47 bits per heavy atom. The number of halogens is 1. The fourth-order valence-corrected chi connectivity index (χ4v) is 4.49. The Hall–Kier alpha value is -4.17. The van der Waals surface area contributed by atoms with Gasteiger partial charge in [-0.2, -0.15) is 0 Å². The number of rotatable bonds is 8. The van der Waals surface area contributed by atoms with E-state index >= 15 is 0 Å². The molecule has 5 aromatic rings. The van der Waals surface area contributed by atoms with Gasteiger partial charge in [-0.15, -0.1) is 0 Å². The number of hydrogen-bond donors (Lipinski definition) is 1. The van der Waals surface area contributed by atoms with Gasteiger partial charge in [-0.05, 0) is 66.2 Å². The summed E-state index contributed by atoms with van der Waals surface area (Å²) in [6.45, 7) is 0.355. The Balaban J connectivity index is 1.29. The maximum Gasteiger partial charge on any atom is 0.237 e. The summed E-state index contributed by atoms with van der Waals surface area (Å²) in [5.74, 6) is 1.22. The van der Waals surface area contributed by atoms with E-state index in [4.69, 9.17) is 4.74 Å². The number of thioether (sulfide) groups is 1. The Morgan fingerprint density at radius 1 is 1.00 bits per heavy atom. The zero-order valence-electron chi connectivity index (χ0n) is 19.5. The highest BCUT2D eigenvalue weighted by Crippen LogP contribution is 2.25. The van der Waals surface area contributed by atoms with Crippen molar-refractivity contribution in [3.8, 4) is 17.1 Å². The van der Waals surface area contributed by atoms with Gasteiger partial charge in [0.1, 0.15) is 17.4 Å². The maximum absolute atomic E-state index is 13.5. The van der Waals surface area contributed by atoms with E-state index in [9.17, 15) is 9.18 Å². The third kappa shape index (κ3) is 5.39. The van der Waals surface area contributed by atoms with Crippen molar-refractivity contribution in [2.75, 3.05) is 17.8 Å².